The molecule has 0 aromatic heterocycles. The summed E-state index contributed by atoms with van der Waals surface area (Å²) in [7, 11) is 0. The van der Waals surface area contributed by atoms with Gasteiger partial charge in [-0.15, -0.1) is 0 Å². The summed E-state index contributed by atoms with van der Waals surface area (Å²) in [4.78, 5) is 0. The lowest BCUT2D eigenvalue weighted by atomic mass is 9.79. The molecule has 1 aromatic carbocycles. The number of thiocarbonyl (C=S) groups is 1. The predicted octanol–water partition coefficient (Wildman–Crippen LogP) is 3.48. The lowest BCUT2D eigenvalue weighted by Crippen LogP contribution is -2.45. The van der Waals surface area contributed by atoms with Crippen LogP contribution in [0.15, 0.2) is 41.5 Å². The highest BCUT2D eigenvalue weighted by Gasteiger charge is 2.52. The number of ether oxygens (including phenoxy) is 1. The molecule has 3 aliphatic carbocycles. The molecule has 132 valence electrons. The van der Waals surface area contributed by atoms with Crippen molar-refractivity contribution in [2.75, 3.05) is 6.61 Å². The van der Waals surface area contributed by atoms with Gasteiger partial charge in [0.1, 0.15) is 5.75 Å². The molecule has 2 fully saturated rings. The predicted molar refractivity (Wildman–Crippen MR) is 105 cm³/mol. The number of benzene rings is 1. The Morgan fingerprint density at radius 3 is 2.92 bits per heavy atom. The first-order valence-corrected chi connectivity index (χ1v) is 9.64. The third-order valence-electron chi connectivity index (χ3n) is 5.90. The molecule has 1 aromatic rings. The Morgan fingerprint density at radius 2 is 2.12 bits per heavy atom. The smallest absolute Gasteiger partial charge is 0.187 e. The number of nitrogens with zero attached hydrogens (tertiary/aromatic N) is 1. The minimum absolute atomic E-state index is 0.495. The average molecular weight is 356 g/mol. The van der Waals surface area contributed by atoms with E-state index < -0.39 is 0 Å². The largest absolute Gasteiger partial charge is 0.494 e. The molecule has 25 heavy (non-hydrogen) atoms. The Morgan fingerprint density at radius 1 is 1.28 bits per heavy atom. The van der Waals surface area contributed by atoms with Crippen LogP contribution in [-0.2, 0) is 0 Å². The summed E-state index contributed by atoms with van der Waals surface area (Å²) in [6, 6.07) is 8.35. The van der Waals surface area contributed by atoms with E-state index in [1.165, 1.54) is 19.3 Å². The van der Waals surface area contributed by atoms with Crippen LogP contribution in [0.4, 0.5) is 0 Å². The fourth-order valence-corrected chi connectivity index (χ4v) is 5.10. The van der Waals surface area contributed by atoms with Gasteiger partial charge in [-0.05, 0) is 91.9 Å². The van der Waals surface area contributed by atoms with Crippen LogP contribution in [0, 0.1) is 23.7 Å². The number of allylic oxidation sites excluding steroid dienone is 2. The molecule has 5 heteroatoms. The van der Waals surface area contributed by atoms with Crippen molar-refractivity contribution in [3.63, 3.8) is 0 Å². The van der Waals surface area contributed by atoms with Crippen LogP contribution >= 0.6 is 12.2 Å². The van der Waals surface area contributed by atoms with E-state index >= 15 is 0 Å². The van der Waals surface area contributed by atoms with E-state index in [2.05, 4.69) is 28.0 Å². The van der Waals surface area contributed by atoms with Gasteiger partial charge >= 0.3 is 0 Å². The number of rotatable bonds is 5. The van der Waals surface area contributed by atoms with Crippen molar-refractivity contribution >= 4 is 23.5 Å². The molecule has 2 N–H and O–H groups in total. The van der Waals surface area contributed by atoms with Crippen LogP contribution in [0.3, 0.4) is 0 Å². The minimum atomic E-state index is 0.495. The highest BCUT2D eigenvalue weighted by Crippen LogP contribution is 2.56. The molecule has 0 amide bonds. The Labute approximate surface area is 154 Å². The van der Waals surface area contributed by atoms with Crippen LogP contribution in [0.5, 0.6) is 5.75 Å². The van der Waals surface area contributed by atoms with Gasteiger partial charge in [-0.3, -0.25) is 5.43 Å². The Hall–Kier alpha value is -1.88. The summed E-state index contributed by atoms with van der Waals surface area (Å²) in [5, 5.41) is 8.37. The molecular formula is C20H25N3OS. The highest BCUT2D eigenvalue weighted by molar-refractivity contribution is 7.80. The van der Waals surface area contributed by atoms with Crippen molar-refractivity contribution in [3.05, 3.63) is 42.0 Å². The standard InChI is InChI=1S/C20H25N3OS/c1-2-24-15-8-6-13(7-9-15)12-21-23-20(25)22-19-11-14-10-18(19)17-5-3-4-16(14)17/h3,5-9,12,14,16-19H,2,4,10-11H2,1H3,(H2,22,23,25)/b21-12-/t14-,16-,17+,18-,19-/m1/s1. The summed E-state index contributed by atoms with van der Waals surface area (Å²) in [5.41, 5.74) is 3.97. The summed E-state index contributed by atoms with van der Waals surface area (Å²) < 4.78 is 5.44. The SMILES string of the molecule is CCOc1ccc(/C=N\NC(=S)N[C@@H]2C[C@H]3C[C@@H]2[C@H]2C=CC[C@H]32)cc1. The van der Waals surface area contributed by atoms with Gasteiger partial charge in [0.25, 0.3) is 0 Å². The zero-order valence-electron chi connectivity index (χ0n) is 14.5. The molecule has 5 atom stereocenters. The first-order chi connectivity index (χ1) is 12.2. The fourth-order valence-electron chi connectivity index (χ4n) is 4.89. The average Bonchev–Trinajstić information content (AvgIpc) is 3.29. The normalized spacial score (nSPS) is 32.1. The molecule has 4 rings (SSSR count). The fraction of sp³-hybridized carbons (Fsp3) is 0.500. The third-order valence-corrected chi connectivity index (χ3v) is 6.11. The summed E-state index contributed by atoms with van der Waals surface area (Å²) >= 11 is 5.42. The van der Waals surface area contributed by atoms with Gasteiger partial charge in [-0.25, -0.2) is 0 Å². The number of fused-ring (bicyclic) bond motifs is 5. The van der Waals surface area contributed by atoms with Gasteiger partial charge in [0.2, 0.25) is 0 Å². The van der Waals surface area contributed by atoms with Crippen molar-refractivity contribution in [2.24, 2.45) is 28.8 Å². The molecule has 4 nitrogen and oxygen atoms in total. The van der Waals surface area contributed by atoms with Crippen LogP contribution < -0.4 is 15.5 Å². The van der Waals surface area contributed by atoms with Gasteiger partial charge in [-0.1, -0.05) is 12.2 Å². The maximum Gasteiger partial charge on any atom is 0.187 e. The van der Waals surface area contributed by atoms with E-state index in [0.717, 1.165) is 35.0 Å². The molecule has 0 heterocycles. The second-order valence-corrected chi connectivity index (χ2v) is 7.66. The van der Waals surface area contributed by atoms with Crippen LogP contribution in [-0.4, -0.2) is 24.0 Å². The zero-order valence-corrected chi connectivity index (χ0v) is 15.3. The van der Waals surface area contributed by atoms with Crippen molar-refractivity contribution < 1.29 is 4.74 Å². The molecule has 0 saturated heterocycles. The second kappa shape index (κ2) is 7.16. The summed E-state index contributed by atoms with van der Waals surface area (Å²) in [6.07, 6.45) is 10.5. The number of hydrazone groups is 1. The zero-order chi connectivity index (χ0) is 17.2. The summed E-state index contributed by atoms with van der Waals surface area (Å²) in [6.45, 7) is 2.65. The number of nitrogens with one attached hydrogen (secondary N) is 2. The van der Waals surface area contributed by atoms with Gasteiger partial charge in [0.05, 0.1) is 12.8 Å². The maximum absolute atomic E-state index is 5.44. The first kappa shape index (κ1) is 16.6. The molecule has 0 aliphatic heterocycles. The Kier molecular flexibility index (Phi) is 4.75. The third kappa shape index (κ3) is 3.43. The van der Waals surface area contributed by atoms with E-state index in [0.29, 0.717) is 17.8 Å². The van der Waals surface area contributed by atoms with Crippen molar-refractivity contribution in [1.82, 2.24) is 10.7 Å². The van der Waals surface area contributed by atoms with Crippen molar-refractivity contribution in [2.45, 2.75) is 32.2 Å². The lowest BCUT2D eigenvalue weighted by Gasteiger charge is -2.32. The van der Waals surface area contributed by atoms with E-state index in [4.69, 9.17) is 17.0 Å². The van der Waals surface area contributed by atoms with E-state index in [1.54, 1.807) is 6.21 Å². The molecule has 2 saturated carbocycles. The van der Waals surface area contributed by atoms with Gasteiger partial charge in [0.15, 0.2) is 5.11 Å². The van der Waals surface area contributed by atoms with Crippen LogP contribution in [0.2, 0.25) is 0 Å². The maximum atomic E-state index is 5.44. The minimum Gasteiger partial charge on any atom is -0.494 e. The Bertz CT molecular complexity index is 685. The molecule has 0 spiro atoms. The lowest BCUT2D eigenvalue weighted by molar-refractivity contribution is 0.246. The van der Waals surface area contributed by atoms with Crippen LogP contribution in [0.25, 0.3) is 0 Å². The second-order valence-electron chi connectivity index (χ2n) is 7.25. The van der Waals surface area contributed by atoms with Gasteiger partial charge in [-0.2, -0.15) is 5.10 Å². The quantitative estimate of drug-likeness (QED) is 0.367. The molecule has 2 bridgehead atoms. The van der Waals surface area contributed by atoms with Crippen molar-refractivity contribution in [3.8, 4) is 5.75 Å². The van der Waals surface area contributed by atoms with Gasteiger partial charge in [0, 0.05) is 6.04 Å². The number of hydrogen-bond acceptors (Lipinski definition) is 3. The topological polar surface area (TPSA) is 45.6 Å². The van der Waals surface area contributed by atoms with E-state index in [1.807, 2.05) is 31.2 Å². The van der Waals surface area contributed by atoms with E-state index in [-0.39, 0.29) is 0 Å². The monoisotopic (exact) mass is 355 g/mol. The first-order valence-electron chi connectivity index (χ1n) is 9.23. The Balaban J connectivity index is 1.26. The highest BCUT2D eigenvalue weighted by atomic mass is 32.1. The molecular weight excluding hydrogens is 330 g/mol. The molecule has 3 aliphatic rings. The molecule has 0 unspecified atom stereocenters. The molecule has 0 radical (unpaired) electrons. The summed E-state index contributed by atoms with van der Waals surface area (Å²) in [5.74, 6) is 4.16. The van der Waals surface area contributed by atoms with Gasteiger partial charge < -0.3 is 10.1 Å². The number of hydrogen-bond donors (Lipinski definition) is 2. The van der Waals surface area contributed by atoms with Crippen LogP contribution in [0.1, 0.15) is 31.7 Å². The van der Waals surface area contributed by atoms with E-state index in [9.17, 15) is 0 Å². The van der Waals surface area contributed by atoms with Crippen molar-refractivity contribution in [1.29, 1.82) is 0 Å².